The van der Waals surface area contributed by atoms with Crippen molar-refractivity contribution in [1.82, 2.24) is 10.1 Å². The fraction of sp³-hybridized carbons (Fsp3) is 0.545. The van der Waals surface area contributed by atoms with E-state index in [2.05, 4.69) is 9.89 Å². The summed E-state index contributed by atoms with van der Waals surface area (Å²) in [5.41, 5.74) is 0.634. The Morgan fingerprint density at radius 1 is 1.56 bits per heavy atom. The smallest absolute Gasteiger partial charge is 0.331 e. The number of hydrogen-bond acceptors (Lipinski definition) is 6. The van der Waals surface area contributed by atoms with Crippen LogP contribution in [0.15, 0.2) is 10.7 Å². The zero-order chi connectivity index (χ0) is 13.1. The van der Waals surface area contributed by atoms with Gasteiger partial charge in [-0.05, 0) is 6.92 Å². The molecule has 2 rings (SSSR count). The Labute approximate surface area is 104 Å². The number of methoxy groups -OCH3 is 1. The van der Waals surface area contributed by atoms with Crippen LogP contribution in [0.25, 0.3) is 0 Å². The molecule has 1 fully saturated rings. The van der Waals surface area contributed by atoms with Crippen LogP contribution in [0.3, 0.4) is 0 Å². The predicted octanol–water partition coefficient (Wildman–Crippen LogP) is -0.00298. The van der Waals surface area contributed by atoms with E-state index in [1.807, 2.05) is 0 Å². The summed E-state index contributed by atoms with van der Waals surface area (Å²) in [5.74, 6) is -0.727. The van der Waals surface area contributed by atoms with E-state index in [1.165, 1.54) is 18.2 Å². The van der Waals surface area contributed by atoms with Gasteiger partial charge in [-0.1, -0.05) is 5.16 Å². The average molecular weight is 254 g/mol. The number of aromatic nitrogens is 1. The molecule has 1 saturated heterocycles. The lowest BCUT2D eigenvalue weighted by atomic mass is 10.2. The number of morpholine rings is 1. The van der Waals surface area contributed by atoms with Crippen LogP contribution in [-0.2, 0) is 14.3 Å². The maximum absolute atomic E-state index is 12.2. The topological polar surface area (TPSA) is 81.9 Å². The van der Waals surface area contributed by atoms with Gasteiger partial charge in [-0.3, -0.25) is 4.79 Å². The summed E-state index contributed by atoms with van der Waals surface area (Å²) in [5, 5.41) is 3.56. The molecule has 0 aliphatic carbocycles. The first-order valence-corrected chi connectivity index (χ1v) is 5.53. The molecule has 98 valence electrons. The maximum Gasteiger partial charge on any atom is 0.331 e. The predicted molar refractivity (Wildman–Crippen MR) is 58.9 cm³/mol. The molecule has 0 N–H and O–H groups in total. The number of carbonyl (C=O) groups is 2. The van der Waals surface area contributed by atoms with E-state index in [0.717, 1.165) is 0 Å². The summed E-state index contributed by atoms with van der Waals surface area (Å²) in [7, 11) is 1.28. The first-order chi connectivity index (χ1) is 8.65. The maximum atomic E-state index is 12.2. The largest absolute Gasteiger partial charge is 0.467 e. The van der Waals surface area contributed by atoms with Gasteiger partial charge in [0.1, 0.15) is 0 Å². The second-order valence-corrected chi connectivity index (χ2v) is 3.95. The van der Waals surface area contributed by atoms with Crippen LogP contribution in [0.5, 0.6) is 0 Å². The lowest BCUT2D eigenvalue weighted by molar-refractivity contribution is -0.151. The molecule has 18 heavy (non-hydrogen) atoms. The lowest BCUT2D eigenvalue weighted by Crippen LogP contribution is -2.53. The second kappa shape index (κ2) is 5.18. The van der Waals surface area contributed by atoms with Gasteiger partial charge < -0.3 is 18.9 Å². The number of rotatable bonds is 2. The minimum absolute atomic E-state index is 0.131. The van der Waals surface area contributed by atoms with Gasteiger partial charge in [0, 0.05) is 12.1 Å². The molecule has 0 aromatic carbocycles. The van der Waals surface area contributed by atoms with Gasteiger partial charge in [-0.25, -0.2) is 4.79 Å². The van der Waals surface area contributed by atoms with Crippen LogP contribution in [0.2, 0.25) is 0 Å². The molecule has 1 amide bonds. The van der Waals surface area contributed by atoms with Crippen LogP contribution in [-0.4, -0.2) is 54.8 Å². The van der Waals surface area contributed by atoms with E-state index >= 15 is 0 Å². The molecule has 1 atom stereocenters. The Morgan fingerprint density at radius 2 is 2.33 bits per heavy atom. The molecule has 2 heterocycles. The van der Waals surface area contributed by atoms with Crippen molar-refractivity contribution in [1.29, 1.82) is 0 Å². The zero-order valence-electron chi connectivity index (χ0n) is 10.2. The summed E-state index contributed by atoms with van der Waals surface area (Å²) in [6.07, 6.45) is 1.46. The monoisotopic (exact) mass is 254 g/mol. The Hall–Kier alpha value is -1.89. The Balaban J connectivity index is 2.21. The number of esters is 1. The molecule has 1 aliphatic heterocycles. The minimum Gasteiger partial charge on any atom is -0.467 e. The van der Waals surface area contributed by atoms with E-state index in [0.29, 0.717) is 18.7 Å². The van der Waals surface area contributed by atoms with Gasteiger partial charge in [0.15, 0.2) is 6.04 Å². The summed E-state index contributed by atoms with van der Waals surface area (Å²) >= 11 is 0. The van der Waals surface area contributed by atoms with Crippen molar-refractivity contribution in [2.75, 3.05) is 26.9 Å². The van der Waals surface area contributed by atoms with E-state index < -0.39 is 12.0 Å². The molecule has 0 saturated carbocycles. The van der Waals surface area contributed by atoms with Crippen molar-refractivity contribution in [3.8, 4) is 0 Å². The van der Waals surface area contributed by atoms with Crippen LogP contribution in [0, 0.1) is 6.92 Å². The highest BCUT2D eigenvalue weighted by molar-refractivity contribution is 5.95. The van der Waals surface area contributed by atoms with Crippen LogP contribution in [0.1, 0.15) is 16.1 Å². The molecule has 0 radical (unpaired) electrons. The van der Waals surface area contributed by atoms with Crippen molar-refractivity contribution < 1.29 is 23.6 Å². The Morgan fingerprint density at radius 3 is 2.94 bits per heavy atom. The van der Waals surface area contributed by atoms with E-state index in [1.54, 1.807) is 6.92 Å². The third-order valence-electron chi connectivity index (χ3n) is 2.81. The Bertz CT molecular complexity index is 456. The van der Waals surface area contributed by atoms with Crippen molar-refractivity contribution in [3.05, 3.63) is 17.5 Å². The Kier molecular flexibility index (Phi) is 3.61. The number of carbonyl (C=O) groups excluding carboxylic acids is 2. The number of amides is 1. The first kappa shape index (κ1) is 12.6. The molecule has 0 spiro atoms. The number of hydrogen-bond donors (Lipinski definition) is 0. The summed E-state index contributed by atoms with van der Waals surface area (Å²) in [4.78, 5) is 25.2. The quantitative estimate of drug-likeness (QED) is 0.691. The fourth-order valence-electron chi connectivity index (χ4n) is 1.80. The molecular formula is C11H14N2O5. The van der Waals surface area contributed by atoms with Gasteiger partial charge in [-0.15, -0.1) is 0 Å². The summed E-state index contributed by atoms with van der Waals surface area (Å²) < 4.78 is 14.8. The summed E-state index contributed by atoms with van der Waals surface area (Å²) in [6.45, 7) is 2.55. The van der Waals surface area contributed by atoms with E-state index in [-0.39, 0.29) is 18.3 Å². The van der Waals surface area contributed by atoms with E-state index in [9.17, 15) is 9.59 Å². The van der Waals surface area contributed by atoms with Crippen molar-refractivity contribution in [2.45, 2.75) is 13.0 Å². The minimum atomic E-state index is -0.735. The second-order valence-electron chi connectivity index (χ2n) is 3.95. The highest BCUT2D eigenvalue weighted by atomic mass is 16.5. The van der Waals surface area contributed by atoms with Gasteiger partial charge in [-0.2, -0.15) is 0 Å². The standard InChI is InChI=1S/C11H14N2O5/c1-7-5-12-18-9(7)10(14)13-3-4-17-6-8(13)11(15)16-2/h5,8H,3-4,6H2,1-2H3. The third kappa shape index (κ3) is 2.21. The molecular weight excluding hydrogens is 240 g/mol. The number of ether oxygens (including phenoxy) is 2. The first-order valence-electron chi connectivity index (χ1n) is 5.53. The molecule has 0 bridgehead atoms. The molecule has 1 aromatic rings. The SMILES string of the molecule is COC(=O)C1COCCN1C(=O)c1oncc1C. The molecule has 7 nitrogen and oxygen atoms in total. The fourth-order valence-corrected chi connectivity index (χ4v) is 1.80. The van der Waals surface area contributed by atoms with Gasteiger partial charge in [0.25, 0.3) is 5.91 Å². The van der Waals surface area contributed by atoms with E-state index in [4.69, 9.17) is 9.26 Å². The summed E-state index contributed by atoms with van der Waals surface area (Å²) in [6, 6.07) is -0.735. The average Bonchev–Trinajstić information content (AvgIpc) is 2.83. The number of aryl methyl sites for hydroxylation is 1. The van der Waals surface area contributed by atoms with Gasteiger partial charge >= 0.3 is 5.97 Å². The molecule has 7 heteroatoms. The molecule has 1 aliphatic rings. The van der Waals surface area contributed by atoms with Crippen LogP contribution in [0.4, 0.5) is 0 Å². The van der Waals surface area contributed by atoms with Crippen LogP contribution < -0.4 is 0 Å². The highest BCUT2D eigenvalue weighted by Crippen LogP contribution is 2.15. The van der Waals surface area contributed by atoms with Crippen molar-refractivity contribution in [3.63, 3.8) is 0 Å². The lowest BCUT2D eigenvalue weighted by Gasteiger charge is -2.32. The highest BCUT2D eigenvalue weighted by Gasteiger charge is 2.36. The zero-order valence-corrected chi connectivity index (χ0v) is 10.2. The van der Waals surface area contributed by atoms with Crippen molar-refractivity contribution in [2.24, 2.45) is 0 Å². The van der Waals surface area contributed by atoms with Gasteiger partial charge in [0.05, 0.1) is 26.5 Å². The number of nitrogens with zero attached hydrogens (tertiary/aromatic N) is 2. The normalized spacial score (nSPS) is 19.7. The van der Waals surface area contributed by atoms with Crippen LogP contribution >= 0.6 is 0 Å². The molecule has 1 unspecified atom stereocenters. The van der Waals surface area contributed by atoms with Crippen molar-refractivity contribution >= 4 is 11.9 Å². The molecule has 1 aromatic heterocycles. The van der Waals surface area contributed by atoms with Gasteiger partial charge in [0.2, 0.25) is 5.76 Å². The third-order valence-corrected chi connectivity index (χ3v) is 2.81.